The SMILES string of the molecule is CCCN([C@@H](CCO)C(=O)O)S(=O)(=O)C1CCCCC1. The molecule has 2 N–H and O–H groups in total. The van der Waals surface area contributed by atoms with E-state index in [1.807, 2.05) is 6.92 Å². The molecule has 0 spiro atoms. The first-order valence-corrected chi connectivity index (χ1v) is 8.79. The van der Waals surface area contributed by atoms with Gasteiger partial charge in [0.25, 0.3) is 0 Å². The van der Waals surface area contributed by atoms with Gasteiger partial charge < -0.3 is 10.2 Å². The molecule has 0 aromatic rings. The van der Waals surface area contributed by atoms with Crippen molar-refractivity contribution < 1.29 is 23.4 Å². The maximum absolute atomic E-state index is 12.7. The topological polar surface area (TPSA) is 94.9 Å². The van der Waals surface area contributed by atoms with E-state index in [-0.39, 0.29) is 19.6 Å². The Hall–Kier alpha value is -0.660. The van der Waals surface area contributed by atoms with E-state index in [9.17, 15) is 18.3 Å². The zero-order chi connectivity index (χ0) is 15.2. The molecule has 6 nitrogen and oxygen atoms in total. The van der Waals surface area contributed by atoms with Crippen LogP contribution >= 0.6 is 0 Å². The van der Waals surface area contributed by atoms with Gasteiger partial charge in [-0.25, -0.2) is 8.42 Å². The highest BCUT2D eigenvalue weighted by atomic mass is 32.2. The molecule has 0 amide bonds. The van der Waals surface area contributed by atoms with Crippen molar-refractivity contribution in [3.8, 4) is 0 Å². The number of nitrogens with zero attached hydrogens (tertiary/aromatic N) is 1. The summed E-state index contributed by atoms with van der Waals surface area (Å²) in [7, 11) is -3.61. The maximum Gasteiger partial charge on any atom is 0.322 e. The lowest BCUT2D eigenvalue weighted by Crippen LogP contribution is -2.49. The monoisotopic (exact) mass is 307 g/mol. The number of carboxylic acid groups (broad SMARTS) is 1. The third-order valence-electron chi connectivity index (χ3n) is 3.78. The van der Waals surface area contributed by atoms with Crippen LogP contribution in [0.15, 0.2) is 0 Å². The number of aliphatic carboxylic acids is 1. The molecule has 0 aromatic carbocycles. The van der Waals surface area contributed by atoms with E-state index in [0.29, 0.717) is 19.3 Å². The fraction of sp³-hybridized carbons (Fsp3) is 0.923. The van der Waals surface area contributed by atoms with Crippen LogP contribution in [0.1, 0.15) is 51.9 Å². The predicted molar refractivity (Wildman–Crippen MR) is 75.9 cm³/mol. The predicted octanol–water partition coefficient (Wildman–Crippen LogP) is 1.20. The highest BCUT2D eigenvalue weighted by Crippen LogP contribution is 2.28. The van der Waals surface area contributed by atoms with E-state index in [1.54, 1.807) is 0 Å². The molecule has 7 heteroatoms. The Morgan fingerprint density at radius 2 is 1.90 bits per heavy atom. The largest absolute Gasteiger partial charge is 0.480 e. The molecule has 1 saturated carbocycles. The summed E-state index contributed by atoms with van der Waals surface area (Å²) in [6, 6.07) is -1.16. The smallest absolute Gasteiger partial charge is 0.322 e. The number of sulfonamides is 1. The molecule has 1 aliphatic rings. The summed E-state index contributed by atoms with van der Waals surface area (Å²) in [5.41, 5.74) is 0. The number of rotatable bonds is 8. The molecular weight excluding hydrogens is 282 g/mol. The molecule has 20 heavy (non-hydrogen) atoms. The van der Waals surface area contributed by atoms with Crippen LogP contribution in [0.3, 0.4) is 0 Å². The van der Waals surface area contributed by atoms with Crippen LogP contribution in [0, 0.1) is 0 Å². The summed E-state index contributed by atoms with van der Waals surface area (Å²) in [6.07, 6.45) is 4.49. The van der Waals surface area contributed by atoms with E-state index >= 15 is 0 Å². The van der Waals surface area contributed by atoms with Gasteiger partial charge in [-0.1, -0.05) is 26.2 Å². The van der Waals surface area contributed by atoms with Gasteiger partial charge in [-0.2, -0.15) is 4.31 Å². The van der Waals surface area contributed by atoms with Crippen molar-refractivity contribution in [3.63, 3.8) is 0 Å². The zero-order valence-electron chi connectivity index (χ0n) is 12.0. The average molecular weight is 307 g/mol. The Morgan fingerprint density at radius 1 is 1.30 bits per heavy atom. The third kappa shape index (κ3) is 4.17. The highest BCUT2D eigenvalue weighted by Gasteiger charge is 2.39. The number of hydrogen-bond donors (Lipinski definition) is 2. The Morgan fingerprint density at radius 3 is 2.35 bits per heavy atom. The van der Waals surface area contributed by atoms with Crippen LogP contribution in [0.2, 0.25) is 0 Å². The number of hydrogen-bond acceptors (Lipinski definition) is 4. The van der Waals surface area contributed by atoms with E-state index in [2.05, 4.69) is 0 Å². The Bertz CT molecular complexity index is 403. The molecule has 118 valence electrons. The minimum absolute atomic E-state index is 0.0682. The minimum atomic E-state index is -3.61. The molecular formula is C13H25NO5S. The lowest BCUT2D eigenvalue weighted by molar-refractivity contribution is -0.142. The molecule has 0 aliphatic heterocycles. The normalized spacial score (nSPS) is 19.1. The van der Waals surface area contributed by atoms with Crippen molar-refractivity contribution in [2.24, 2.45) is 0 Å². The van der Waals surface area contributed by atoms with Crippen molar-refractivity contribution in [1.29, 1.82) is 0 Å². The van der Waals surface area contributed by atoms with Crippen molar-refractivity contribution in [2.75, 3.05) is 13.2 Å². The lowest BCUT2D eigenvalue weighted by atomic mass is 10.0. The fourth-order valence-corrected chi connectivity index (χ4v) is 5.05. The number of aliphatic hydroxyl groups is 1. The van der Waals surface area contributed by atoms with Gasteiger partial charge in [0.1, 0.15) is 6.04 Å². The van der Waals surface area contributed by atoms with Gasteiger partial charge in [0.15, 0.2) is 0 Å². The lowest BCUT2D eigenvalue weighted by Gasteiger charge is -2.32. The molecule has 1 fully saturated rings. The first-order valence-electron chi connectivity index (χ1n) is 7.29. The molecule has 0 saturated heterocycles. The summed E-state index contributed by atoms with van der Waals surface area (Å²) in [4.78, 5) is 11.3. The van der Waals surface area contributed by atoms with Crippen LogP contribution in [0.25, 0.3) is 0 Å². The summed E-state index contributed by atoms with van der Waals surface area (Å²) in [5.74, 6) is -1.19. The van der Waals surface area contributed by atoms with Gasteiger partial charge in [-0.05, 0) is 25.7 Å². The third-order valence-corrected chi connectivity index (χ3v) is 6.18. The van der Waals surface area contributed by atoms with Crippen LogP contribution in [0.4, 0.5) is 0 Å². The van der Waals surface area contributed by atoms with E-state index in [0.717, 1.165) is 23.6 Å². The van der Waals surface area contributed by atoms with Gasteiger partial charge in [0.2, 0.25) is 10.0 Å². The molecule has 1 rings (SSSR count). The van der Waals surface area contributed by atoms with Gasteiger partial charge in [-0.3, -0.25) is 4.79 Å². The number of carbonyl (C=O) groups is 1. The second kappa shape index (κ2) is 7.95. The summed E-state index contributed by atoms with van der Waals surface area (Å²) in [5, 5.41) is 17.8. The van der Waals surface area contributed by atoms with Crippen LogP contribution in [-0.4, -0.2) is 53.3 Å². The van der Waals surface area contributed by atoms with E-state index in [4.69, 9.17) is 5.11 Å². The van der Waals surface area contributed by atoms with Crippen LogP contribution in [-0.2, 0) is 14.8 Å². The summed E-state index contributed by atoms with van der Waals surface area (Å²) in [6.45, 7) is 1.68. The Labute approximate surface area is 120 Å². The Balaban J connectivity index is 2.99. The molecule has 1 aliphatic carbocycles. The molecule has 0 radical (unpaired) electrons. The summed E-state index contributed by atoms with van der Waals surface area (Å²) < 4.78 is 26.5. The average Bonchev–Trinajstić information content (AvgIpc) is 2.43. The summed E-state index contributed by atoms with van der Waals surface area (Å²) >= 11 is 0. The minimum Gasteiger partial charge on any atom is -0.480 e. The molecule has 0 aromatic heterocycles. The van der Waals surface area contributed by atoms with Crippen molar-refractivity contribution >= 4 is 16.0 Å². The maximum atomic E-state index is 12.7. The molecule has 0 heterocycles. The zero-order valence-corrected chi connectivity index (χ0v) is 12.8. The number of carboxylic acids is 1. The first-order chi connectivity index (χ1) is 9.45. The molecule has 0 unspecified atom stereocenters. The second-order valence-electron chi connectivity index (χ2n) is 5.28. The quantitative estimate of drug-likeness (QED) is 0.702. The Kier molecular flexibility index (Phi) is 6.91. The van der Waals surface area contributed by atoms with Gasteiger partial charge in [0, 0.05) is 13.2 Å². The fourth-order valence-electron chi connectivity index (χ4n) is 2.75. The second-order valence-corrected chi connectivity index (χ2v) is 7.45. The first kappa shape index (κ1) is 17.4. The highest BCUT2D eigenvalue weighted by molar-refractivity contribution is 7.89. The van der Waals surface area contributed by atoms with Crippen molar-refractivity contribution in [3.05, 3.63) is 0 Å². The van der Waals surface area contributed by atoms with Crippen LogP contribution < -0.4 is 0 Å². The number of aliphatic hydroxyl groups excluding tert-OH is 1. The van der Waals surface area contributed by atoms with E-state index < -0.39 is 27.3 Å². The van der Waals surface area contributed by atoms with Crippen molar-refractivity contribution in [2.45, 2.75) is 63.2 Å². The van der Waals surface area contributed by atoms with Crippen LogP contribution in [0.5, 0.6) is 0 Å². The van der Waals surface area contributed by atoms with Gasteiger partial charge in [0.05, 0.1) is 5.25 Å². The van der Waals surface area contributed by atoms with Gasteiger partial charge >= 0.3 is 5.97 Å². The van der Waals surface area contributed by atoms with Gasteiger partial charge in [-0.15, -0.1) is 0 Å². The van der Waals surface area contributed by atoms with Crippen molar-refractivity contribution in [1.82, 2.24) is 4.31 Å². The molecule has 0 bridgehead atoms. The standard InChI is InChI=1S/C13H25NO5S/c1-2-9-14(12(8-10-15)13(16)17)20(18,19)11-6-4-3-5-7-11/h11-12,15H,2-10H2,1H3,(H,16,17)/t12-/m0/s1. The molecule has 1 atom stereocenters. The van der Waals surface area contributed by atoms with E-state index in [1.165, 1.54) is 0 Å².